The minimum atomic E-state index is -1.12. The quantitative estimate of drug-likeness (QED) is 0.136. The Morgan fingerprint density at radius 3 is 2.05 bits per heavy atom. The van der Waals surface area contributed by atoms with Gasteiger partial charge in [-0.2, -0.15) is 0 Å². The van der Waals surface area contributed by atoms with E-state index in [1.165, 1.54) is 0 Å². The zero-order chi connectivity index (χ0) is 28.9. The first-order valence-electron chi connectivity index (χ1n) is 12.0. The molecule has 3 atom stereocenters. The van der Waals surface area contributed by atoms with Crippen LogP contribution in [0, 0.1) is 5.92 Å². The van der Waals surface area contributed by atoms with Crippen LogP contribution in [-0.4, -0.2) is 30.0 Å². The third-order valence-corrected chi connectivity index (χ3v) is 8.49. The molecule has 1 amide bonds. The largest absolute Gasteiger partial charge is 0.506 e. The van der Waals surface area contributed by atoms with E-state index in [4.69, 9.17) is 15.2 Å². The number of aromatic hydroxyl groups is 1. The van der Waals surface area contributed by atoms with Crippen molar-refractivity contribution < 1.29 is 24.2 Å². The Morgan fingerprint density at radius 1 is 0.974 bits per heavy atom. The number of nitrogens with one attached hydrogen (secondary N) is 1. The number of methoxy groups -OCH3 is 1. The Kier molecular flexibility index (Phi) is 11.4. The highest BCUT2D eigenvalue weighted by Crippen LogP contribution is 2.37. The number of amides is 1. The van der Waals surface area contributed by atoms with Crippen molar-refractivity contribution in [3.05, 3.63) is 77.5 Å². The maximum atomic E-state index is 13.7. The standard InChI is InChI=1S/C28H28Br4N2O5/c1-4-14(2)39-18-7-5-16(6-8-18)24(33)25(35)19(9-15-10-22(31)27(38-3)23(32)11-15)28(37)34-17-12-20(29)26(36)21(30)13-17/h5-8,10-14,19,24,36H,4,9,33H2,1-3H3,(H,34,37)/t14?,19-,24?/m1/s1. The Labute approximate surface area is 261 Å². The van der Waals surface area contributed by atoms with Crippen molar-refractivity contribution in [2.24, 2.45) is 11.7 Å². The van der Waals surface area contributed by atoms with E-state index < -0.39 is 23.7 Å². The summed E-state index contributed by atoms with van der Waals surface area (Å²) in [4.78, 5) is 27.3. The second-order valence-electron chi connectivity index (χ2n) is 8.91. The first-order chi connectivity index (χ1) is 18.4. The van der Waals surface area contributed by atoms with E-state index >= 15 is 0 Å². The Morgan fingerprint density at radius 2 is 1.54 bits per heavy atom. The number of carbonyl (C=O) groups is 2. The van der Waals surface area contributed by atoms with Gasteiger partial charge < -0.3 is 25.6 Å². The van der Waals surface area contributed by atoms with Gasteiger partial charge >= 0.3 is 0 Å². The van der Waals surface area contributed by atoms with E-state index in [0.717, 1.165) is 12.0 Å². The maximum absolute atomic E-state index is 13.7. The molecule has 0 radical (unpaired) electrons. The topological polar surface area (TPSA) is 111 Å². The fourth-order valence-electron chi connectivity index (χ4n) is 3.80. The molecule has 11 heteroatoms. The molecule has 0 fully saturated rings. The fraction of sp³-hybridized carbons (Fsp3) is 0.286. The van der Waals surface area contributed by atoms with Gasteiger partial charge in [0.05, 0.1) is 37.1 Å². The van der Waals surface area contributed by atoms with Gasteiger partial charge in [-0.1, -0.05) is 19.1 Å². The van der Waals surface area contributed by atoms with Gasteiger partial charge in [0.1, 0.15) is 23.2 Å². The highest BCUT2D eigenvalue weighted by molar-refractivity contribution is 9.11. The first-order valence-corrected chi connectivity index (χ1v) is 15.2. The molecular weight excluding hydrogens is 764 g/mol. The predicted octanol–water partition coefficient (Wildman–Crippen LogP) is 7.69. The Balaban J connectivity index is 1.92. The van der Waals surface area contributed by atoms with Crippen LogP contribution in [0.25, 0.3) is 0 Å². The third kappa shape index (κ3) is 8.07. The Bertz CT molecular complexity index is 1300. The molecule has 208 valence electrons. The highest BCUT2D eigenvalue weighted by Gasteiger charge is 2.32. The van der Waals surface area contributed by atoms with Crippen LogP contribution in [0.1, 0.15) is 37.4 Å². The summed E-state index contributed by atoms with van der Waals surface area (Å²) in [7, 11) is 1.55. The number of benzene rings is 3. The maximum Gasteiger partial charge on any atom is 0.235 e. The molecule has 0 spiro atoms. The minimum absolute atomic E-state index is 0.00339. The van der Waals surface area contributed by atoms with Crippen molar-refractivity contribution in [2.75, 3.05) is 12.4 Å². The Hall–Kier alpha value is -1.92. The van der Waals surface area contributed by atoms with Gasteiger partial charge in [0, 0.05) is 5.69 Å². The van der Waals surface area contributed by atoms with Gasteiger partial charge in [0.2, 0.25) is 5.91 Å². The fourth-order valence-corrected chi connectivity index (χ4v) is 6.59. The number of ether oxygens (including phenoxy) is 2. The lowest BCUT2D eigenvalue weighted by Gasteiger charge is -2.21. The van der Waals surface area contributed by atoms with Gasteiger partial charge in [-0.05, 0) is 131 Å². The minimum Gasteiger partial charge on any atom is -0.506 e. The number of nitrogens with two attached hydrogens (primary N) is 1. The van der Waals surface area contributed by atoms with Crippen LogP contribution < -0.4 is 20.5 Å². The molecule has 0 saturated carbocycles. The molecule has 0 aliphatic rings. The average Bonchev–Trinajstić information content (AvgIpc) is 2.89. The molecule has 7 nitrogen and oxygen atoms in total. The molecule has 0 heterocycles. The summed E-state index contributed by atoms with van der Waals surface area (Å²) in [5.41, 5.74) is 8.11. The van der Waals surface area contributed by atoms with Crippen LogP contribution >= 0.6 is 63.7 Å². The predicted molar refractivity (Wildman–Crippen MR) is 166 cm³/mol. The second kappa shape index (κ2) is 14.1. The van der Waals surface area contributed by atoms with Crippen LogP contribution in [0.2, 0.25) is 0 Å². The summed E-state index contributed by atoms with van der Waals surface area (Å²) in [5.74, 6) is -0.812. The molecule has 3 aromatic carbocycles. The van der Waals surface area contributed by atoms with Crippen molar-refractivity contribution in [2.45, 2.75) is 38.8 Å². The van der Waals surface area contributed by atoms with E-state index in [1.807, 2.05) is 13.8 Å². The monoisotopic (exact) mass is 788 g/mol. The normalized spacial score (nSPS) is 13.3. The summed E-state index contributed by atoms with van der Waals surface area (Å²) >= 11 is 13.5. The van der Waals surface area contributed by atoms with E-state index in [2.05, 4.69) is 69.0 Å². The molecule has 0 saturated heterocycles. The number of rotatable bonds is 11. The number of phenols is 1. The molecule has 0 bridgehead atoms. The number of hydrogen-bond donors (Lipinski definition) is 3. The first kappa shape index (κ1) is 31.6. The van der Waals surface area contributed by atoms with E-state index in [1.54, 1.807) is 55.6 Å². The molecule has 3 aromatic rings. The number of hydrogen-bond acceptors (Lipinski definition) is 6. The lowest BCUT2D eigenvalue weighted by Crippen LogP contribution is -2.37. The molecule has 39 heavy (non-hydrogen) atoms. The van der Waals surface area contributed by atoms with E-state index in [-0.39, 0.29) is 18.3 Å². The van der Waals surface area contributed by atoms with Crippen LogP contribution in [0.5, 0.6) is 17.2 Å². The van der Waals surface area contributed by atoms with E-state index in [0.29, 0.717) is 40.6 Å². The van der Waals surface area contributed by atoms with Crippen molar-refractivity contribution in [3.8, 4) is 17.2 Å². The van der Waals surface area contributed by atoms with Crippen LogP contribution in [0.4, 0.5) is 5.69 Å². The van der Waals surface area contributed by atoms with Gasteiger partial charge in [0.25, 0.3) is 0 Å². The third-order valence-electron chi connectivity index (χ3n) is 6.10. The van der Waals surface area contributed by atoms with Crippen molar-refractivity contribution in [1.29, 1.82) is 0 Å². The van der Waals surface area contributed by atoms with Crippen LogP contribution in [0.15, 0.2) is 66.4 Å². The average molecular weight is 792 g/mol. The van der Waals surface area contributed by atoms with Crippen LogP contribution in [-0.2, 0) is 16.0 Å². The number of halogens is 4. The number of carbonyl (C=O) groups excluding carboxylic acids is 2. The van der Waals surface area contributed by atoms with E-state index in [9.17, 15) is 14.7 Å². The van der Waals surface area contributed by atoms with Crippen LogP contribution in [0.3, 0.4) is 0 Å². The van der Waals surface area contributed by atoms with Gasteiger partial charge in [-0.15, -0.1) is 0 Å². The molecule has 0 aliphatic heterocycles. The molecule has 4 N–H and O–H groups in total. The van der Waals surface area contributed by atoms with Crippen molar-refractivity contribution >= 4 is 81.1 Å². The number of Topliss-reactive ketones (excluding diaryl/α,β-unsaturated/α-hetero) is 1. The van der Waals surface area contributed by atoms with Crippen molar-refractivity contribution in [1.82, 2.24) is 0 Å². The highest BCUT2D eigenvalue weighted by atomic mass is 79.9. The second-order valence-corrected chi connectivity index (χ2v) is 12.3. The summed E-state index contributed by atoms with van der Waals surface area (Å²) in [6.07, 6.45) is 1.01. The van der Waals surface area contributed by atoms with Gasteiger partial charge in [-0.25, -0.2) is 0 Å². The molecule has 0 aromatic heterocycles. The van der Waals surface area contributed by atoms with Gasteiger partial charge in [0.15, 0.2) is 5.78 Å². The smallest absolute Gasteiger partial charge is 0.235 e. The summed E-state index contributed by atoms with van der Waals surface area (Å²) in [6.45, 7) is 4.02. The molecular formula is C28H28Br4N2O5. The summed E-state index contributed by atoms with van der Waals surface area (Å²) in [5, 5.41) is 12.8. The number of ketones is 1. The summed E-state index contributed by atoms with van der Waals surface area (Å²) < 4.78 is 13.3. The zero-order valence-corrected chi connectivity index (χ0v) is 27.8. The summed E-state index contributed by atoms with van der Waals surface area (Å²) in [6, 6.07) is 12.7. The lowest BCUT2D eigenvalue weighted by molar-refractivity contribution is -0.132. The SMILES string of the molecule is CCC(C)Oc1ccc(C(N)C(=O)[C@@H](Cc2cc(Br)c(OC)c(Br)c2)C(=O)Nc2cc(Br)c(O)c(Br)c2)cc1. The molecule has 3 rings (SSSR count). The van der Waals surface area contributed by atoms with Crippen molar-refractivity contribution in [3.63, 3.8) is 0 Å². The number of phenolic OH excluding ortho intramolecular Hbond substituents is 1. The molecule has 0 aliphatic carbocycles. The number of anilines is 1. The molecule has 2 unspecified atom stereocenters. The zero-order valence-electron chi connectivity index (χ0n) is 21.4. The van der Waals surface area contributed by atoms with Gasteiger partial charge in [-0.3, -0.25) is 9.59 Å². The lowest BCUT2D eigenvalue weighted by atomic mass is 9.88.